The van der Waals surface area contributed by atoms with Crippen molar-refractivity contribution in [2.45, 2.75) is 58.0 Å². The molecule has 1 rings (SSSR count). The minimum absolute atomic E-state index is 0.320. The van der Waals surface area contributed by atoms with Crippen molar-refractivity contribution >= 4 is 14.0 Å². The molecule has 1 aliphatic rings. The molecule has 0 radical (unpaired) electrons. The van der Waals surface area contributed by atoms with Gasteiger partial charge in [-0.2, -0.15) is 0 Å². The normalized spacial score (nSPS) is 31.0. The molecule has 0 unspecified atom stereocenters. The molecule has 1 fully saturated rings. The van der Waals surface area contributed by atoms with Crippen LogP contribution in [0.1, 0.15) is 20.3 Å². The zero-order valence-electron chi connectivity index (χ0n) is 11.1. The van der Waals surface area contributed by atoms with Gasteiger partial charge in [-0.1, -0.05) is 39.5 Å². The molecule has 0 bridgehead atoms. The number of carboxylic acid groups (broad SMARTS) is 1. The molecule has 0 aromatic carbocycles. The fourth-order valence-electron chi connectivity index (χ4n) is 2.62. The van der Waals surface area contributed by atoms with Crippen molar-refractivity contribution in [1.29, 1.82) is 0 Å². The summed E-state index contributed by atoms with van der Waals surface area (Å²) < 4.78 is 0. The summed E-state index contributed by atoms with van der Waals surface area (Å²) in [5.41, 5.74) is 0. The van der Waals surface area contributed by atoms with E-state index in [1.54, 1.807) is 0 Å². The summed E-state index contributed by atoms with van der Waals surface area (Å²) in [6.07, 6.45) is 1.03. The number of rotatable bonds is 4. The van der Waals surface area contributed by atoms with Crippen molar-refractivity contribution in [3.05, 3.63) is 0 Å². The van der Waals surface area contributed by atoms with E-state index in [2.05, 4.69) is 38.8 Å². The second kappa shape index (κ2) is 4.88. The number of nitrogens with one attached hydrogen (secondary N) is 1. The summed E-state index contributed by atoms with van der Waals surface area (Å²) in [4.78, 5) is 11.2. The van der Waals surface area contributed by atoms with Gasteiger partial charge in [0.2, 0.25) is 0 Å². The largest absolute Gasteiger partial charge is 0.480 e. The summed E-state index contributed by atoms with van der Waals surface area (Å²) in [6.45, 7) is 11.3. The third-order valence-electron chi connectivity index (χ3n) is 3.37. The number of carbonyl (C=O) groups is 1. The zero-order valence-corrected chi connectivity index (χ0v) is 12.1. The van der Waals surface area contributed by atoms with Crippen LogP contribution in [0.5, 0.6) is 0 Å². The fraction of sp³-hybridized carbons (Fsp3) is 0.917. The molecular weight excluding hydrogens is 218 g/mol. The Hall–Kier alpha value is -0.353. The van der Waals surface area contributed by atoms with E-state index in [4.69, 9.17) is 0 Å². The number of aliphatic carboxylic acids is 1. The first-order chi connectivity index (χ1) is 7.20. The molecule has 3 nitrogen and oxygen atoms in total. The predicted octanol–water partition coefficient (Wildman–Crippen LogP) is 2.41. The van der Waals surface area contributed by atoms with Crippen molar-refractivity contribution in [3.63, 3.8) is 0 Å². The first-order valence-electron chi connectivity index (χ1n) is 6.19. The van der Waals surface area contributed by atoms with E-state index in [1.165, 1.54) is 0 Å². The summed E-state index contributed by atoms with van der Waals surface area (Å²) in [5, 5.41) is 12.5. The van der Waals surface area contributed by atoms with Crippen LogP contribution in [0.4, 0.5) is 0 Å². The zero-order chi connectivity index (χ0) is 12.5. The highest BCUT2D eigenvalue weighted by molar-refractivity contribution is 6.76. The average Bonchev–Trinajstić information content (AvgIpc) is 2.44. The van der Waals surface area contributed by atoms with E-state index < -0.39 is 14.0 Å². The molecule has 16 heavy (non-hydrogen) atoms. The smallest absolute Gasteiger partial charge is 0.320 e. The van der Waals surface area contributed by atoms with Crippen LogP contribution >= 0.6 is 0 Å². The standard InChI is InChI=1S/C12H25NO2Si/c1-8(2)10-6-9(7-16(3,4)5)11(13-10)12(14)15/h8-11,13H,6-7H2,1-5H3,(H,14,15)/t9-,10+,11+/m1/s1. The molecule has 1 saturated heterocycles. The lowest BCUT2D eigenvalue weighted by molar-refractivity contribution is -0.140. The second-order valence-corrected chi connectivity index (χ2v) is 12.1. The van der Waals surface area contributed by atoms with Crippen molar-refractivity contribution in [3.8, 4) is 0 Å². The van der Waals surface area contributed by atoms with Crippen LogP contribution in [0.15, 0.2) is 0 Å². The Morgan fingerprint density at radius 2 is 2.00 bits per heavy atom. The van der Waals surface area contributed by atoms with Crippen molar-refractivity contribution < 1.29 is 9.90 Å². The van der Waals surface area contributed by atoms with Gasteiger partial charge in [0.15, 0.2) is 0 Å². The summed E-state index contributed by atoms with van der Waals surface area (Å²) >= 11 is 0. The molecule has 0 aromatic heterocycles. The van der Waals surface area contributed by atoms with E-state index in [0.29, 0.717) is 17.9 Å². The van der Waals surface area contributed by atoms with Crippen LogP contribution < -0.4 is 5.32 Å². The highest BCUT2D eigenvalue weighted by atomic mass is 28.3. The highest BCUT2D eigenvalue weighted by Crippen LogP contribution is 2.31. The Bertz CT molecular complexity index is 260. The molecule has 94 valence electrons. The SMILES string of the molecule is CC(C)[C@@H]1C[C@H](C[Si](C)(C)C)[C@@H](C(=O)O)N1. The van der Waals surface area contributed by atoms with Crippen LogP contribution in [-0.4, -0.2) is 31.2 Å². The van der Waals surface area contributed by atoms with Gasteiger partial charge in [0.1, 0.15) is 6.04 Å². The van der Waals surface area contributed by atoms with Crippen molar-refractivity contribution in [1.82, 2.24) is 5.32 Å². The highest BCUT2D eigenvalue weighted by Gasteiger charge is 2.40. The molecule has 0 amide bonds. The van der Waals surface area contributed by atoms with E-state index >= 15 is 0 Å². The van der Waals surface area contributed by atoms with Gasteiger partial charge in [-0.15, -0.1) is 0 Å². The summed E-state index contributed by atoms with van der Waals surface area (Å²) in [6, 6.07) is 1.17. The lowest BCUT2D eigenvalue weighted by Crippen LogP contribution is -2.41. The van der Waals surface area contributed by atoms with Gasteiger partial charge < -0.3 is 10.4 Å². The van der Waals surface area contributed by atoms with Gasteiger partial charge in [0, 0.05) is 14.1 Å². The predicted molar refractivity (Wildman–Crippen MR) is 69.4 cm³/mol. The molecule has 0 aliphatic carbocycles. The maximum atomic E-state index is 11.2. The Kier molecular flexibility index (Phi) is 4.18. The molecule has 0 aromatic rings. The topological polar surface area (TPSA) is 49.3 Å². The Morgan fingerprint density at radius 3 is 2.38 bits per heavy atom. The van der Waals surface area contributed by atoms with Crippen LogP contribution in [0.25, 0.3) is 0 Å². The van der Waals surface area contributed by atoms with Crippen LogP contribution in [0.3, 0.4) is 0 Å². The molecule has 1 heterocycles. The van der Waals surface area contributed by atoms with E-state index in [-0.39, 0.29) is 6.04 Å². The molecule has 0 saturated carbocycles. The quantitative estimate of drug-likeness (QED) is 0.746. The average molecular weight is 243 g/mol. The molecular formula is C12H25NO2Si. The maximum absolute atomic E-state index is 11.2. The molecule has 2 N–H and O–H groups in total. The van der Waals surface area contributed by atoms with Crippen molar-refractivity contribution in [2.24, 2.45) is 11.8 Å². The van der Waals surface area contributed by atoms with E-state index in [9.17, 15) is 9.90 Å². The minimum Gasteiger partial charge on any atom is -0.480 e. The minimum atomic E-state index is -1.18. The Labute approximate surface area is 99.6 Å². The van der Waals surface area contributed by atoms with Crippen molar-refractivity contribution in [2.75, 3.05) is 0 Å². The lowest BCUT2D eigenvalue weighted by Gasteiger charge is -2.23. The number of hydrogen-bond acceptors (Lipinski definition) is 2. The van der Waals surface area contributed by atoms with Crippen LogP contribution in [0, 0.1) is 11.8 Å². The van der Waals surface area contributed by atoms with Crippen LogP contribution in [-0.2, 0) is 4.79 Å². The van der Waals surface area contributed by atoms with E-state index in [0.717, 1.165) is 12.5 Å². The van der Waals surface area contributed by atoms with Gasteiger partial charge >= 0.3 is 5.97 Å². The Balaban J connectivity index is 2.70. The molecule has 4 heteroatoms. The van der Waals surface area contributed by atoms with Crippen LogP contribution in [0.2, 0.25) is 25.7 Å². The number of hydrogen-bond donors (Lipinski definition) is 2. The molecule has 1 aliphatic heterocycles. The molecule has 0 spiro atoms. The third kappa shape index (κ3) is 3.59. The fourth-order valence-corrected chi connectivity index (χ4v) is 4.60. The molecule has 3 atom stereocenters. The first kappa shape index (κ1) is 13.7. The monoisotopic (exact) mass is 243 g/mol. The summed E-state index contributed by atoms with van der Waals surface area (Å²) in [5.74, 6) is 0.177. The first-order valence-corrected chi connectivity index (χ1v) is 9.90. The van der Waals surface area contributed by atoms with Gasteiger partial charge in [0.05, 0.1) is 0 Å². The van der Waals surface area contributed by atoms with Gasteiger partial charge in [-0.05, 0) is 18.3 Å². The maximum Gasteiger partial charge on any atom is 0.320 e. The van der Waals surface area contributed by atoms with Gasteiger partial charge in [-0.25, -0.2) is 0 Å². The summed E-state index contributed by atoms with van der Waals surface area (Å²) in [7, 11) is -1.18. The Morgan fingerprint density at radius 1 is 1.44 bits per heavy atom. The number of carboxylic acids is 1. The third-order valence-corrected chi connectivity index (χ3v) is 5.12. The second-order valence-electron chi connectivity index (χ2n) is 6.59. The van der Waals surface area contributed by atoms with Gasteiger partial charge in [0.25, 0.3) is 0 Å². The lowest BCUT2D eigenvalue weighted by atomic mass is 9.96. The van der Waals surface area contributed by atoms with Gasteiger partial charge in [-0.3, -0.25) is 4.79 Å². The van der Waals surface area contributed by atoms with E-state index in [1.807, 2.05) is 0 Å².